The molecule has 0 unspecified atom stereocenters. The van der Waals surface area contributed by atoms with Crippen molar-refractivity contribution in [1.82, 2.24) is 10.6 Å². The Morgan fingerprint density at radius 1 is 0.808 bits per heavy atom. The van der Waals surface area contributed by atoms with Gasteiger partial charge in [0, 0.05) is 8.95 Å². The van der Waals surface area contributed by atoms with Gasteiger partial charge in [0.2, 0.25) is 0 Å². The lowest BCUT2D eigenvalue weighted by atomic mass is 10.1. The number of benzene rings is 1. The molecule has 2 amide bonds. The lowest BCUT2D eigenvalue weighted by Gasteiger charge is -2.10. The molecule has 0 radical (unpaired) electrons. The van der Waals surface area contributed by atoms with Crippen molar-refractivity contribution in [3.05, 3.63) is 80.5 Å². The number of nitrogens with one attached hydrogen (secondary N) is 2. The molecule has 0 atom stereocenters. The van der Waals surface area contributed by atoms with E-state index in [-0.39, 0.29) is 24.9 Å². The van der Waals surface area contributed by atoms with Gasteiger partial charge in [0.15, 0.2) is 0 Å². The molecule has 3 aromatic rings. The van der Waals surface area contributed by atoms with Crippen molar-refractivity contribution in [2.24, 2.45) is 0 Å². The van der Waals surface area contributed by atoms with Crippen LogP contribution in [0.2, 0.25) is 0 Å². The van der Waals surface area contributed by atoms with Crippen molar-refractivity contribution in [3.8, 4) is 0 Å². The molecule has 2 heterocycles. The Kier molecular flexibility index (Phi) is 5.95. The first-order chi connectivity index (χ1) is 12.5. The third-order valence-corrected chi connectivity index (χ3v) is 4.86. The smallest absolute Gasteiger partial charge is 0.252 e. The monoisotopic (exact) mass is 480 g/mol. The topological polar surface area (TPSA) is 84.5 Å². The summed E-state index contributed by atoms with van der Waals surface area (Å²) in [6.07, 6.45) is 3.09. The highest BCUT2D eigenvalue weighted by molar-refractivity contribution is 9.11. The van der Waals surface area contributed by atoms with Crippen LogP contribution in [0.1, 0.15) is 32.2 Å². The molecule has 0 saturated heterocycles. The molecule has 0 aliphatic rings. The minimum atomic E-state index is -0.281. The fraction of sp³-hybridized carbons (Fsp3) is 0.111. The standard InChI is InChI=1S/C18H14Br2N2O4/c19-15-8-14(18(24)22-10-12-4-2-6-26-12)16(20)7-13(15)17(23)21-9-11-3-1-5-25-11/h1-8H,9-10H2,(H,21,23)(H,22,24). The van der Waals surface area contributed by atoms with E-state index in [1.807, 2.05) is 0 Å². The minimum absolute atomic E-state index is 0.279. The first-order valence-electron chi connectivity index (χ1n) is 7.65. The van der Waals surface area contributed by atoms with Crippen molar-refractivity contribution in [2.45, 2.75) is 13.1 Å². The van der Waals surface area contributed by atoms with E-state index >= 15 is 0 Å². The van der Waals surface area contributed by atoms with Gasteiger partial charge in [-0.05, 0) is 68.3 Å². The molecule has 8 heteroatoms. The third-order valence-electron chi connectivity index (χ3n) is 3.55. The highest BCUT2D eigenvalue weighted by atomic mass is 79.9. The van der Waals surface area contributed by atoms with Crippen LogP contribution in [0.5, 0.6) is 0 Å². The maximum atomic E-state index is 12.4. The van der Waals surface area contributed by atoms with E-state index in [1.165, 1.54) is 0 Å². The Balaban J connectivity index is 1.68. The Morgan fingerprint density at radius 2 is 1.23 bits per heavy atom. The maximum absolute atomic E-state index is 12.4. The highest BCUT2D eigenvalue weighted by Gasteiger charge is 2.17. The van der Waals surface area contributed by atoms with Gasteiger partial charge in [-0.2, -0.15) is 0 Å². The molecule has 134 valence electrons. The molecule has 1 aromatic carbocycles. The quantitative estimate of drug-likeness (QED) is 0.551. The minimum Gasteiger partial charge on any atom is -0.467 e. The molecule has 0 aliphatic heterocycles. The molecule has 3 rings (SSSR count). The number of amides is 2. The van der Waals surface area contributed by atoms with Gasteiger partial charge in [-0.15, -0.1) is 0 Å². The largest absolute Gasteiger partial charge is 0.467 e. The van der Waals surface area contributed by atoms with Crippen molar-refractivity contribution in [2.75, 3.05) is 0 Å². The summed E-state index contributed by atoms with van der Waals surface area (Å²) in [5.41, 5.74) is 0.817. The summed E-state index contributed by atoms with van der Waals surface area (Å²) in [5.74, 6) is 0.748. The number of carbonyl (C=O) groups is 2. The molecule has 0 spiro atoms. The second-order valence-corrected chi connectivity index (χ2v) is 7.04. The number of furan rings is 2. The lowest BCUT2D eigenvalue weighted by Crippen LogP contribution is -2.25. The first kappa shape index (κ1) is 18.5. The van der Waals surface area contributed by atoms with Crippen LogP contribution in [0.4, 0.5) is 0 Å². The molecule has 0 bridgehead atoms. The first-order valence-corrected chi connectivity index (χ1v) is 9.23. The number of carbonyl (C=O) groups excluding carboxylic acids is 2. The number of hydrogen-bond acceptors (Lipinski definition) is 4. The lowest BCUT2D eigenvalue weighted by molar-refractivity contribution is 0.0935. The molecular weight excluding hydrogens is 468 g/mol. The number of hydrogen-bond donors (Lipinski definition) is 2. The maximum Gasteiger partial charge on any atom is 0.252 e. The van der Waals surface area contributed by atoms with Crippen molar-refractivity contribution in [1.29, 1.82) is 0 Å². The average Bonchev–Trinajstić information content (AvgIpc) is 3.32. The van der Waals surface area contributed by atoms with Crippen LogP contribution in [0.25, 0.3) is 0 Å². The van der Waals surface area contributed by atoms with Crippen molar-refractivity contribution < 1.29 is 18.4 Å². The van der Waals surface area contributed by atoms with Crippen LogP contribution in [0.15, 0.2) is 66.7 Å². The Hall–Kier alpha value is -2.32. The predicted molar refractivity (Wildman–Crippen MR) is 102 cm³/mol. The molecule has 2 aromatic heterocycles. The van der Waals surface area contributed by atoms with Gasteiger partial charge in [-0.3, -0.25) is 9.59 Å². The van der Waals surface area contributed by atoms with E-state index < -0.39 is 0 Å². The summed E-state index contributed by atoms with van der Waals surface area (Å²) in [6.45, 7) is 0.558. The zero-order valence-corrected chi connectivity index (χ0v) is 16.6. The summed E-state index contributed by atoms with van der Waals surface area (Å²) in [6, 6.07) is 10.3. The fourth-order valence-corrected chi connectivity index (χ4v) is 3.29. The van der Waals surface area contributed by atoms with Gasteiger partial charge < -0.3 is 19.5 Å². The SMILES string of the molecule is O=C(NCc1ccco1)c1cc(Br)c(C(=O)NCc2ccco2)cc1Br. The van der Waals surface area contributed by atoms with Crippen LogP contribution in [0.3, 0.4) is 0 Å². The van der Waals surface area contributed by atoms with Gasteiger partial charge in [0.1, 0.15) is 11.5 Å². The molecular formula is C18H14Br2N2O4. The van der Waals surface area contributed by atoms with Crippen LogP contribution in [-0.2, 0) is 13.1 Å². The molecule has 0 aliphatic carbocycles. The molecule has 26 heavy (non-hydrogen) atoms. The Morgan fingerprint density at radius 3 is 1.58 bits per heavy atom. The van der Waals surface area contributed by atoms with Crippen LogP contribution in [0, 0.1) is 0 Å². The van der Waals surface area contributed by atoms with Crippen LogP contribution in [-0.4, -0.2) is 11.8 Å². The Bertz CT molecular complexity index is 830. The highest BCUT2D eigenvalue weighted by Crippen LogP contribution is 2.26. The second kappa shape index (κ2) is 8.37. The van der Waals surface area contributed by atoms with E-state index in [0.717, 1.165) is 0 Å². The average molecular weight is 482 g/mol. The zero-order valence-electron chi connectivity index (χ0n) is 13.4. The third kappa shape index (κ3) is 4.44. The molecule has 0 fully saturated rings. The van der Waals surface area contributed by atoms with E-state index in [1.54, 1.807) is 48.9 Å². The van der Waals surface area contributed by atoms with Crippen molar-refractivity contribution >= 4 is 43.7 Å². The second-order valence-electron chi connectivity index (χ2n) is 5.34. The summed E-state index contributed by atoms with van der Waals surface area (Å²) in [5, 5.41) is 5.53. The predicted octanol–water partition coefficient (Wildman–Crippen LogP) is 4.26. The fourth-order valence-electron chi connectivity index (χ4n) is 2.25. The van der Waals surface area contributed by atoms with Gasteiger partial charge >= 0.3 is 0 Å². The normalized spacial score (nSPS) is 10.5. The van der Waals surface area contributed by atoms with Gasteiger partial charge in [-0.1, -0.05) is 0 Å². The summed E-state index contributed by atoms with van der Waals surface area (Å²) >= 11 is 6.71. The van der Waals surface area contributed by atoms with E-state index in [2.05, 4.69) is 42.5 Å². The molecule has 2 N–H and O–H groups in total. The summed E-state index contributed by atoms with van der Waals surface area (Å²) in [4.78, 5) is 24.7. The number of rotatable bonds is 6. The van der Waals surface area contributed by atoms with Gasteiger partial charge in [-0.25, -0.2) is 0 Å². The molecule has 0 saturated carbocycles. The van der Waals surface area contributed by atoms with E-state index in [4.69, 9.17) is 8.83 Å². The van der Waals surface area contributed by atoms with Gasteiger partial charge in [0.25, 0.3) is 11.8 Å². The van der Waals surface area contributed by atoms with Gasteiger partial charge in [0.05, 0.1) is 36.7 Å². The zero-order chi connectivity index (χ0) is 18.5. The van der Waals surface area contributed by atoms with Crippen LogP contribution < -0.4 is 10.6 Å². The summed E-state index contributed by atoms with van der Waals surface area (Å²) < 4.78 is 11.4. The number of halogens is 2. The molecule has 6 nitrogen and oxygen atoms in total. The van der Waals surface area contributed by atoms with Crippen molar-refractivity contribution in [3.63, 3.8) is 0 Å². The van der Waals surface area contributed by atoms with E-state index in [9.17, 15) is 9.59 Å². The van der Waals surface area contributed by atoms with E-state index in [0.29, 0.717) is 31.6 Å². The Labute approximate surface area is 166 Å². The summed E-state index contributed by atoms with van der Waals surface area (Å²) in [7, 11) is 0. The van der Waals surface area contributed by atoms with Crippen LogP contribution >= 0.6 is 31.9 Å².